The summed E-state index contributed by atoms with van der Waals surface area (Å²) in [5, 5.41) is 0. The molecule has 0 spiro atoms. The Morgan fingerprint density at radius 2 is 1.12 bits per heavy atom. The van der Waals surface area contributed by atoms with E-state index in [1.165, 1.54) is 44.2 Å². The summed E-state index contributed by atoms with van der Waals surface area (Å²) in [7, 11) is 0. The van der Waals surface area contributed by atoms with E-state index in [9.17, 15) is 8.78 Å². The molecule has 0 aliphatic carbocycles. The number of unbranched alkanes of at least 4 members (excludes halogenated alkanes) is 5. The zero-order chi connectivity index (χ0) is 24.4. The van der Waals surface area contributed by atoms with Crippen LogP contribution >= 0.6 is 0 Å². The van der Waals surface area contributed by atoms with Gasteiger partial charge in [-0.2, -0.15) is 0 Å². The van der Waals surface area contributed by atoms with E-state index in [0.29, 0.717) is 31.8 Å². The molecule has 1 unspecified atom stereocenters. The van der Waals surface area contributed by atoms with Crippen LogP contribution in [0.1, 0.15) is 110 Å². The van der Waals surface area contributed by atoms with E-state index in [-0.39, 0.29) is 5.92 Å². The van der Waals surface area contributed by atoms with Crippen LogP contribution in [0.3, 0.4) is 0 Å². The molecule has 0 aliphatic rings. The van der Waals surface area contributed by atoms with E-state index in [0.717, 1.165) is 51.0 Å². The van der Waals surface area contributed by atoms with Crippen LogP contribution in [-0.4, -0.2) is 25.8 Å². The average Bonchev–Trinajstić information content (AvgIpc) is 2.79. The first-order valence-electron chi connectivity index (χ1n) is 13.4. The molecule has 0 amide bonds. The van der Waals surface area contributed by atoms with Crippen molar-refractivity contribution in [3.63, 3.8) is 0 Å². The van der Waals surface area contributed by atoms with E-state index in [1.54, 1.807) is 0 Å². The first-order valence-corrected chi connectivity index (χ1v) is 13.4. The second-order valence-electron chi connectivity index (χ2n) is 9.07. The van der Waals surface area contributed by atoms with Gasteiger partial charge in [0.2, 0.25) is 0 Å². The van der Waals surface area contributed by atoms with Gasteiger partial charge in [-0.3, -0.25) is 0 Å². The molecular formula is C28H48F2O3. The lowest BCUT2D eigenvalue weighted by Gasteiger charge is -2.40. The molecule has 0 bridgehead atoms. The van der Waals surface area contributed by atoms with Crippen LogP contribution in [0.15, 0.2) is 18.2 Å². The largest absolute Gasteiger partial charge is 0.327 e. The fraction of sp³-hybridized carbons (Fsp3) is 0.786. The van der Waals surface area contributed by atoms with Gasteiger partial charge in [0.25, 0.3) is 5.97 Å². The lowest BCUT2D eigenvalue weighted by atomic mass is 9.91. The zero-order valence-electron chi connectivity index (χ0n) is 21.6. The molecule has 0 N–H and O–H groups in total. The van der Waals surface area contributed by atoms with Crippen molar-refractivity contribution in [3.8, 4) is 0 Å². The number of hydrogen-bond acceptors (Lipinski definition) is 3. The number of hydrogen-bond donors (Lipinski definition) is 0. The molecule has 0 radical (unpaired) electrons. The van der Waals surface area contributed by atoms with E-state index < -0.39 is 17.6 Å². The number of benzene rings is 1. The maximum atomic E-state index is 13.6. The van der Waals surface area contributed by atoms with Gasteiger partial charge in [0.1, 0.15) is 11.6 Å². The van der Waals surface area contributed by atoms with Crippen LogP contribution in [0.5, 0.6) is 0 Å². The highest BCUT2D eigenvalue weighted by Crippen LogP contribution is 2.35. The maximum Gasteiger partial charge on any atom is 0.285 e. The minimum Gasteiger partial charge on any atom is -0.327 e. The molecule has 192 valence electrons. The van der Waals surface area contributed by atoms with Crippen LogP contribution in [0, 0.1) is 17.6 Å². The molecule has 33 heavy (non-hydrogen) atoms. The fourth-order valence-corrected chi connectivity index (χ4v) is 4.19. The normalized spacial score (nSPS) is 12.9. The van der Waals surface area contributed by atoms with Gasteiger partial charge >= 0.3 is 0 Å². The second kappa shape index (κ2) is 18.3. The van der Waals surface area contributed by atoms with E-state index >= 15 is 0 Å². The first-order chi connectivity index (χ1) is 16.0. The van der Waals surface area contributed by atoms with Crippen molar-refractivity contribution in [2.75, 3.05) is 19.8 Å². The van der Waals surface area contributed by atoms with E-state index in [4.69, 9.17) is 14.2 Å². The average molecular weight is 471 g/mol. The summed E-state index contributed by atoms with van der Waals surface area (Å²) in [5.74, 6) is -2.01. The molecule has 0 saturated heterocycles. The summed E-state index contributed by atoms with van der Waals surface area (Å²) in [6.45, 7) is 10.2. The van der Waals surface area contributed by atoms with Gasteiger partial charge in [-0.05, 0) is 62.6 Å². The van der Waals surface area contributed by atoms with Gasteiger partial charge < -0.3 is 14.2 Å². The Kier molecular flexibility index (Phi) is 16.6. The first kappa shape index (κ1) is 30.0. The quantitative estimate of drug-likeness (QED) is 0.133. The monoisotopic (exact) mass is 470 g/mol. The summed E-state index contributed by atoms with van der Waals surface area (Å²) in [6, 6.07) is 3.77. The summed E-state index contributed by atoms with van der Waals surface area (Å²) in [5.41, 5.74) is 0.690. The highest BCUT2D eigenvalue weighted by molar-refractivity contribution is 5.17. The summed E-state index contributed by atoms with van der Waals surface area (Å²) in [4.78, 5) is 0. The van der Waals surface area contributed by atoms with Gasteiger partial charge in [0.05, 0.1) is 19.8 Å². The molecule has 1 aromatic rings. The highest BCUT2D eigenvalue weighted by Gasteiger charge is 2.42. The van der Waals surface area contributed by atoms with Crippen molar-refractivity contribution in [2.45, 2.75) is 117 Å². The smallest absolute Gasteiger partial charge is 0.285 e. The van der Waals surface area contributed by atoms with Gasteiger partial charge in [0, 0.05) is 12.0 Å². The molecule has 0 fully saturated rings. The summed E-state index contributed by atoms with van der Waals surface area (Å²) >= 11 is 0. The Labute approximate surface area is 201 Å². The van der Waals surface area contributed by atoms with Crippen molar-refractivity contribution in [2.24, 2.45) is 5.92 Å². The molecule has 1 rings (SSSR count). The predicted octanol–water partition coefficient (Wildman–Crippen LogP) is 8.59. The van der Waals surface area contributed by atoms with Crippen molar-refractivity contribution >= 4 is 0 Å². The van der Waals surface area contributed by atoms with Crippen LogP contribution in [0.25, 0.3) is 0 Å². The SMILES string of the molecule is CCCCCCCCC(CCCc1cc(F)cc(F)c1)C(OCCC)(OCCC)OCCC. The molecule has 0 saturated carbocycles. The molecule has 1 aromatic carbocycles. The van der Waals surface area contributed by atoms with Gasteiger partial charge in [0.15, 0.2) is 0 Å². The van der Waals surface area contributed by atoms with Gasteiger partial charge in [-0.1, -0.05) is 66.2 Å². The highest BCUT2D eigenvalue weighted by atomic mass is 19.1. The van der Waals surface area contributed by atoms with E-state index in [1.807, 2.05) is 0 Å². The number of aryl methyl sites for hydroxylation is 1. The zero-order valence-corrected chi connectivity index (χ0v) is 21.6. The third-order valence-corrected chi connectivity index (χ3v) is 5.87. The van der Waals surface area contributed by atoms with Gasteiger partial charge in [-0.15, -0.1) is 0 Å². The predicted molar refractivity (Wildman–Crippen MR) is 132 cm³/mol. The van der Waals surface area contributed by atoms with E-state index in [2.05, 4.69) is 27.7 Å². The minimum atomic E-state index is -1.04. The third kappa shape index (κ3) is 12.3. The molecule has 0 aromatic heterocycles. The Morgan fingerprint density at radius 3 is 1.64 bits per heavy atom. The number of ether oxygens (including phenoxy) is 3. The number of halogens is 2. The molecule has 0 aliphatic heterocycles. The molecule has 3 nitrogen and oxygen atoms in total. The topological polar surface area (TPSA) is 27.7 Å². The maximum absolute atomic E-state index is 13.6. The van der Waals surface area contributed by atoms with Crippen LogP contribution in [-0.2, 0) is 20.6 Å². The summed E-state index contributed by atoms with van der Waals surface area (Å²) in [6.07, 6.45) is 13.2. The molecular weight excluding hydrogens is 422 g/mol. The summed E-state index contributed by atoms with van der Waals surface area (Å²) < 4.78 is 46.2. The second-order valence-corrected chi connectivity index (χ2v) is 9.07. The van der Waals surface area contributed by atoms with Gasteiger partial charge in [-0.25, -0.2) is 8.78 Å². The lowest BCUT2D eigenvalue weighted by Crippen LogP contribution is -2.47. The lowest BCUT2D eigenvalue weighted by molar-refractivity contribution is -0.406. The standard InChI is InChI=1S/C28H48F2O3/c1-5-9-10-11-12-13-16-25(17-14-15-24-21-26(29)23-27(30)22-24)28(31-18-6-2,32-19-7-3)33-20-8-4/h21-23,25H,5-20H2,1-4H3. The van der Waals surface area contributed by atoms with Crippen LogP contribution in [0.4, 0.5) is 8.78 Å². The minimum absolute atomic E-state index is 0.0757. The Balaban J connectivity index is 2.93. The van der Waals surface area contributed by atoms with Crippen molar-refractivity contribution in [1.29, 1.82) is 0 Å². The third-order valence-electron chi connectivity index (χ3n) is 5.87. The van der Waals surface area contributed by atoms with Crippen LogP contribution < -0.4 is 0 Å². The fourth-order valence-electron chi connectivity index (χ4n) is 4.19. The Morgan fingerprint density at radius 1 is 0.636 bits per heavy atom. The van der Waals surface area contributed by atoms with Crippen molar-refractivity contribution in [3.05, 3.63) is 35.4 Å². The van der Waals surface area contributed by atoms with Crippen molar-refractivity contribution in [1.82, 2.24) is 0 Å². The van der Waals surface area contributed by atoms with Crippen LogP contribution in [0.2, 0.25) is 0 Å². The number of rotatable bonds is 21. The Hall–Kier alpha value is -1.04. The molecule has 5 heteroatoms. The Bertz CT molecular complexity index is 567. The van der Waals surface area contributed by atoms with Crippen molar-refractivity contribution < 1.29 is 23.0 Å². The molecule has 1 atom stereocenters. The molecule has 0 heterocycles.